The Hall–Kier alpha value is -3.54. The first-order chi connectivity index (χ1) is 14.0. The Balaban J connectivity index is 1.75. The van der Waals surface area contributed by atoms with Crippen molar-refractivity contribution in [2.24, 2.45) is 0 Å². The van der Waals surface area contributed by atoms with Crippen LogP contribution in [0, 0.1) is 13.8 Å². The van der Waals surface area contributed by atoms with Gasteiger partial charge in [-0.05, 0) is 37.6 Å². The van der Waals surface area contributed by atoms with Crippen LogP contribution in [0.2, 0.25) is 0 Å². The molecule has 1 atom stereocenters. The molecule has 1 amide bonds. The molecule has 3 aromatic rings. The summed E-state index contributed by atoms with van der Waals surface area (Å²) in [6.07, 6.45) is -0.546. The molecule has 2 heterocycles. The topological polar surface area (TPSA) is 71.8 Å². The van der Waals surface area contributed by atoms with Crippen molar-refractivity contribution < 1.29 is 18.7 Å². The Labute approximate surface area is 169 Å². The number of ether oxygens (including phenoxy) is 1. The Morgan fingerprint density at radius 2 is 1.86 bits per heavy atom. The first kappa shape index (κ1) is 18.8. The molecule has 0 spiro atoms. The second-order valence-electron chi connectivity index (χ2n) is 7.12. The number of amides is 1. The van der Waals surface area contributed by atoms with Crippen molar-refractivity contribution in [2.45, 2.75) is 26.6 Å². The van der Waals surface area contributed by atoms with Crippen molar-refractivity contribution in [3.05, 3.63) is 88.4 Å². The van der Waals surface area contributed by atoms with Gasteiger partial charge in [0.1, 0.15) is 17.1 Å². The number of hydrogen-bond donors (Lipinski definition) is 1. The van der Waals surface area contributed by atoms with E-state index in [9.17, 15) is 9.59 Å². The quantitative estimate of drug-likeness (QED) is 0.667. The third kappa shape index (κ3) is 3.49. The van der Waals surface area contributed by atoms with Gasteiger partial charge in [-0.15, -0.1) is 0 Å². The van der Waals surface area contributed by atoms with Crippen LogP contribution in [0.25, 0.3) is 0 Å². The minimum Gasteiger partial charge on any atom is -0.465 e. The van der Waals surface area contributed by atoms with E-state index in [1.807, 2.05) is 49.4 Å². The minimum atomic E-state index is -0.546. The number of carbonyl (C=O) groups excluding carboxylic acids is 2. The van der Waals surface area contributed by atoms with Gasteiger partial charge in [-0.25, -0.2) is 4.79 Å². The number of benzene rings is 2. The average molecular weight is 390 g/mol. The highest BCUT2D eigenvalue weighted by Gasteiger charge is 2.35. The number of nitrogens with zero attached hydrogens (tertiary/aromatic N) is 1. The van der Waals surface area contributed by atoms with E-state index < -0.39 is 12.1 Å². The normalized spacial score (nSPS) is 15.6. The van der Waals surface area contributed by atoms with Crippen molar-refractivity contribution in [3.8, 4) is 0 Å². The maximum atomic E-state index is 13.3. The maximum Gasteiger partial charge on any atom is 0.341 e. The van der Waals surface area contributed by atoms with Crippen LogP contribution in [-0.2, 0) is 11.3 Å². The minimum absolute atomic E-state index is 0.0985. The maximum absolute atomic E-state index is 13.3. The summed E-state index contributed by atoms with van der Waals surface area (Å²) in [5.74, 6) is 0.372. The van der Waals surface area contributed by atoms with E-state index in [0.29, 0.717) is 29.2 Å². The third-order valence-corrected chi connectivity index (χ3v) is 5.11. The molecule has 4 rings (SSSR count). The van der Waals surface area contributed by atoms with Crippen LogP contribution in [0.5, 0.6) is 0 Å². The van der Waals surface area contributed by atoms with E-state index >= 15 is 0 Å². The highest BCUT2D eigenvalue weighted by molar-refractivity contribution is 6.01. The molecule has 6 heteroatoms. The van der Waals surface area contributed by atoms with Crippen LogP contribution >= 0.6 is 0 Å². The number of fused-ring (bicyclic) bond motifs is 1. The van der Waals surface area contributed by atoms with Gasteiger partial charge in [-0.2, -0.15) is 0 Å². The molecule has 0 bridgehead atoms. The molecule has 0 fully saturated rings. The number of hydrogen-bond acceptors (Lipinski definition) is 5. The van der Waals surface area contributed by atoms with Crippen LogP contribution in [0.4, 0.5) is 5.69 Å². The van der Waals surface area contributed by atoms with Gasteiger partial charge in [0.25, 0.3) is 5.91 Å². The van der Waals surface area contributed by atoms with Gasteiger partial charge in [0.15, 0.2) is 6.17 Å². The van der Waals surface area contributed by atoms with Crippen LogP contribution in [0.15, 0.2) is 59.0 Å². The highest BCUT2D eigenvalue weighted by atomic mass is 16.5. The fourth-order valence-electron chi connectivity index (χ4n) is 3.52. The molecule has 1 unspecified atom stereocenters. The number of esters is 1. The van der Waals surface area contributed by atoms with Gasteiger partial charge in [0.05, 0.1) is 12.7 Å². The lowest BCUT2D eigenvalue weighted by atomic mass is 10.0. The van der Waals surface area contributed by atoms with E-state index in [2.05, 4.69) is 5.32 Å². The van der Waals surface area contributed by atoms with Crippen molar-refractivity contribution in [1.82, 2.24) is 4.90 Å². The number of aryl methyl sites for hydroxylation is 2. The second-order valence-corrected chi connectivity index (χ2v) is 7.12. The molecular formula is C23H22N2O4. The van der Waals surface area contributed by atoms with Crippen LogP contribution in [-0.4, -0.2) is 23.9 Å². The molecule has 0 radical (unpaired) electrons. The first-order valence-electron chi connectivity index (χ1n) is 9.38. The zero-order valence-corrected chi connectivity index (χ0v) is 16.6. The van der Waals surface area contributed by atoms with E-state index in [4.69, 9.17) is 9.15 Å². The van der Waals surface area contributed by atoms with Crippen molar-refractivity contribution in [1.29, 1.82) is 0 Å². The summed E-state index contributed by atoms with van der Waals surface area (Å²) >= 11 is 0. The van der Waals surface area contributed by atoms with Gasteiger partial charge in [0, 0.05) is 12.2 Å². The summed E-state index contributed by atoms with van der Waals surface area (Å²) in [5, 5.41) is 3.38. The van der Waals surface area contributed by atoms with Crippen molar-refractivity contribution >= 4 is 17.6 Å². The number of furan rings is 1. The second kappa shape index (κ2) is 7.47. The van der Waals surface area contributed by atoms with Gasteiger partial charge < -0.3 is 19.4 Å². The van der Waals surface area contributed by atoms with Crippen LogP contribution in [0.1, 0.15) is 49.5 Å². The number of nitrogens with one attached hydrogen (secondary N) is 1. The van der Waals surface area contributed by atoms with Gasteiger partial charge in [-0.3, -0.25) is 4.79 Å². The zero-order valence-electron chi connectivity index (χ0n) is 16.6. The predicted molar refractivity (Wildman–Crippen MR) is 109 cm³/mol. The van der Waals surface area contributed by atoms with E-state index in [1.165, 1.54) is 7.11 Å². The van der Waals surface area contributed by atoms with E-state index in [1.54, 1.807) is 24.0 Å². The predicted octanol–water partition coefficient (Wildman–Crippen LogP) is 4.45. The Morgan fingerprint density at radius 3 is 2.59 bits per heavy atom. The van der Waals surface area contributed by atoms with Crippen LogP contribution in [0.3, 0.4) is 0 Å². The largest absolute Gasteiger partial charge is 0.465 e. The molecule has 0 saturated heterocycles. The molecule has 29 heavy (non-hydrogen) atoms. The molecule has 1 N–H and O–H groups in total. The Morgan fingerprint density at radius 1 is 1.14 bits per heavy atom. The standard InChI is InChI=1S/C23H22N2O4/c1-14-8-10-16(11-9-14)13-25-21(20-12-18(15(2)29-20)23(27)28-3)24-19-7-5-4-6-17(19)22(25)26/h4-12,21,24H,13H2,1-3H3. The Kier molecular flexibility index (Phi) is 4.84. The summed E-state index contributed by atoms with van der Waals surface area (Å²) in [5.41, 5.74) is 3.85. The lowest BCUT2D eigenvalue weighted by molar-refractivity contribution is 0.0597. The Bertz CT molecular complexity index is 1070. The molecule has 0 aliphatic carbocycles. The molecule has 148 valence electrons. The van der Waals surface area contributed by atoms with E-state index in [-0.39, 0.29) is 5.91 Å². The number of para-hydroxylation sites is 1. The molecule has 0 saturated carbocycles. The third-order valence-electron chi connectivity index (χ3n) is 5.11. The lowest BCUT2D eigenvalue weighted by Crippen LogP contribution is -2.42. The smallest absolute Gasteiger partial charge is 0.341 e. The van der Waals surface area contributed by atoms with Crippen molar-refractivity contribution in [3.63, 3.8) is 0 Å². The molecule has 2 aromatic carbocycles. The molecule has 6 nitrogen and oxygen atoms in total. The number of anilines is 1. The molecule has 1 aliphatic rings. The summed E-state index contributed by atoms with van der Waals surface area (Å²) in [4.78, 5) is 27.0. The summed E-state index contributed by atoms with van der Waals surface area (Å²) in [7, 11) is 1.33. The average Bonchev–Trinajstić information content (AvgIpc) is 3.12. The number of rotatable bonds is 4. The fourth-order valence-corrected chi connectivity index (χ4v) is 3.52. The first-order valence-corrected chi connectivity index (χ1v) is 9.38. The molecule has 1 aromatic heterocycles. The fraction of sp³-hybridized carbons (Fsp3) is 0.217. The molecular weight excluding hydrogens is 368 g/mol. The highest BCUT2D eigenvalue weighted by Crippen LogP contribution is 2.35. The lowest BCUT2D eigenvalue weighted by Gasteiger charge is -2.36. The SMILES string of the molecule is COC(=O)c1cc(C2Nc3ccccc3C(=O)N2Cc2ccc(C)cc2)oc1C. The summed E-state index contributed by atoms with van der Waals surface area (Å²) in [6.45, 7) is 4.13. The summed E-state index contributed by atoms with van der Waals surface area (Å²) < 4.78 is 10.7. The van der Waals surface area contributed by atoms with Crippen LogP contribution < -0.4 is 5.32 Å². The van der Waals surface area contributed by atoms with Gasteiger partial charge >= 0.3 is 5.97 Å². The zero-order chi connectivity index (χ0) is 20.5. The van der Waals surface area contributed by atoms with E-state index in [0.717, 1.165) is 16.8 Å². The number of methoxy groups -OCH3 is 1. The molecule has 1 aliphatic heterocycles. The summed E-state index contributed by atoms with van der Waals surface area (Å²) in [6, 6.07) is 17.1. The number of carbonyl (C=O) groups is 2. The van der Waals surface area contributed by atoms with Crippen molar-refractivity contribution in [2.75, 3.05) is 12.4 Å². The van der Waals surface area contributed by atoms with Gasteiger partial charge in [0.2, 0.25) is 0 Å². The van der Waals surface area contributed by atoms with Gasteiger partial charge in [-0.1, -0.05) is 42.0 Å². The monoisotopic (exact) mass is 390 g/mol.